The molecule has 1 heterocycles. The van der Waals surface area contributed by atoms with Gasteiger partial charge < -0.3 is 14.0 Å². The van der Waals surface area contributed by atoms with Crippen molar-refractivity contribution in [2.75, 3.05) is 13.7 Å². The van der Waals surface area contributed by atoms with E-state index in [0.717, 1.165) is 11.1 Å². The number of aryl methyl sites for hydroxylation is 1. The molecule has 0 aliphatic carbocycles. The first-order chi connectivity index (χ1) is 14.3. The Morgan fingerprint density at radius 1 is 1.13 bits per heavy atom. The largest absolute Gasteiger partial charge is 0.495 e. The number of carbonyl (C=O) groups excluding carboxylic acids is 1. The van der Waals surface area contributed by atoms with E-state index in [-0.39, 0.29) is 35.3 Å². The fourth-order valence-electron chi connectivity index (χ4n) is 2.71. The maximum absolute atomic E-state index is 12.9. The van der Waals surface area contributed by atoms with Crippen LogP contribution >= 0.6 is 0 Å². The predicted octanol–water partition coefficient (Wildman–Crippen LogP) is 3.31. The van der Waals surface area contributed by atoms with Crippen LogP contribution in [0.25, 0.3) is 11.3 Å². The third-order valence-corrected chi connectivity index (χ3v) is 5.74. The van der Waals surface area contributed by atoms with Gasteiger partial charge >= 0.3 is 5.97 Å². The molecule has 0 fully saturated rings. The van der Waals surface area contributed by atoms with Crippen LogP contribution in [0.4, 0.5) is 0 Å². The highest BCUT2D eigenvalue weighted by Crippen LogP contribution is 2.30. The predicted molar refractivity (Wildman–Crippen MR) is 110 cm³/mol. The lowest BCUT2D eigenvalue weighted by molar-refractivity contribution is 0.0514. The number of nitrogens with zero attached hydrogens (tertiary/aromatic N) is 1. The molecule has 8 nitrogen and oxygen atoms in total. The van der Waals surface area contributed by atoms with Crippen molar-refractivity contribution >= 4 is 16.0 Å². The minimum Gasteiger partial charge on any atom is -0.495 e. The molecule has 0 radical (unpaired) electrons. The molecule has 0 atom stereocenters. The summed E-state index contributed by atoms with van der Waals surface area (Å²) < 4.78 is 43.7. The number of hydrogen-bond donors (Lipinski definition) is 1. The molecule has 9 heteroatoms. The molecule has 0 amide bonds. The lowest BCUT2D eigenvalue weighted by Crippen LogP contribution is -2.23. The van der Waals surface area contributed by atoms with Crippen LogP contribution in [0.1, 0.15) is 28.5 Å². The molecular formula is C21H22N2O6S. The molecule has 0 saturated carbocycles. The van der Waals surface area contributed by atoms with Gasteiger partial charge in [0.1, 0.15) is 10.6 Å². The van der Waals surface area contributed by atoms with Crippen LogP contribution < -0.4 is 9.46 Å². The Hall–Kier alpha value is -3.17. The number of nitrogens with one attached hydrogen (secondary N) is 1. The Kier molecular flexibility index (Phi) is 6.53. The average Bonchev–Trinajstić information content (AvgIpc) is 3.23. The minimum atomic E-state index is -3.89. The van der Waals surface area contributed by atoms with Crippen LogP contribution in [0.2, 0.25) is 0 Å². The fraction of sp³-hybridized carbons (Fsp3) is 0.238. The third-order valence-electron chi connectivity index (χ3n) is 4.32. The van der Waals surface area contributed by atoms with Crippen LogP contribution in [-0.4, -0.2) is 33.3 Å². The van der Waals surface area contributed by atoms with E-state index >= 15 is 0 Å². The first-order valence-electron chi connectivity index (χ1n) is 9.21. The molecular weight excluding hydrogens is 408 g/mol. The van der Waals surface area contributed by atoms with Crippen LogP contribution in [0.15, 0.2) is 57.9 Å². The summed E-state index contributed by atoms with van der Waals surface area (Å²) in [5.74, 6) is -0.204. The van der Waals surface area contributed by atoms with E-state index in [1.165, 1.54) is 25.3 Å². The van der Waals surface area contributed by atoms with E-state index in [4.69, 9.17) is 14.0 Å². The summed E-state index contributed by atoms with van der Waals surface area (Å²) in [5.41, 5.74) is 2.35. The summed E-state index contributed by atoms with van der Waals surface area (Å²) in [7, 11) is -2.50. The highest BCUT2D eigenvalue weighted by Gasteiger charge is 2.22. The summed E-state index contributed by atoms with van der Waals surface area (Å²) in [6.45, 7) is 3.98. The van der Waals surface area contributed by atoms with Crippen LogP contribution in [0, 0.1) is 6.92 Å². The molecule has 0 aliphatic rings. The molecule has 30 heavy (non-hydrogen) atoms. The number of aromatic nitrogens is 1. The molecule has 0 unspecified atom stereocenters. The molecule has 0 aliphatic heterocycles. The topological polar surface area (TPSA) is 108 Å². The Balaban J connectivity index is 1.88. The minimum absolute atomic E-state index is 0.00423. The molecule has 158 valence electrons. The van der Waals surface area contributed by atoms with Gasteiger partial charge in [0.2, 0.25) is 10.0 Å². The zero-order chi connectivity index (χ0) is 21.7. The molecule has 1 aromatic heterocycles. The molecule has 3 aromatic rings. The van der Waals surface area contributed by atoms with E-state index in [0.29, 0.717) is 5.56 Å². The first kappa shape index (κ1) is 21.5. The summed E-state index contributed by atoms with van der Waals surface area (Å²) >= 11 is 0. The molecule has 0 saturated heterocycles. The van der Waals surface area contributed by atoms with Gasteiger partial charge in [0.15, 0.2) is 11.5 Å². The first-order valence-corrected chi connectivity index (χ1v) is 10.7. The molecule has 1 N–H and O–H groups in total. The van der Waals surface area contributed by atoms with Crippen molar-refractivity contribution in [3.8, 4) is 17.1 Å². The van der Waals surface area contributed by atoms with Crippen LogP contribution in [0.5, 0.6) is 5.75 Å². The second kappa shape index (κ2) is 9.10. The van der Waals surface area contributed by atoms with Gasteiger partial charge in [0, 0.05) is 18.2 Å². The summed E-state index contributed by atoms with van der Waals surface area (Å²) in [6, 6.07) is 13.5. The van der Waals surface area contributed by atoms with E-state index in [1.807, 2.05) is 31.2 Å². The SMILES string of the molecule is CCOC(=O)c1cc(-c2ccc(OC)c(S(=O)(=O)NCc3ccc(C)cc3)c2)on1. The Morgan fingerprint density at radius 3 is 2.53 bits per heavy atom. The summed E-state index contributed by atoms with van der Waals surface area (Å²) in [4.78, 5) is 11.7. The van der Waals surface area contributed by atoms with Crippen molar-refractivity contribution in [2.24, 2.45) is 0 Å². The summed E-state index contributed by atoms with van der Waals surface area (Å²) in [6.07, 6.45) is 0. The fourth-order valence-corrected chi connectivity index (χ4v) is 3.93. The van der Waals surface area contributed by atoms with Gasteiger partial charge in [-0.25, -0.2) is 17.9 Å². The molecule has 0 bridgehead atoms. The Labute approximate surface area is 174 Å². The van der Waals surface area contributed by atoms with Gasteiger partial charge in [0.25, 0.3) is 0 Å². The second-order valence-corrected chi connectivity index (χ2v) is 8.21. The van der Waals surface area contributed by atoms with Crippen molar-refractivity contribution in [1.82, 2.24) is 9.88 Å². The monoisotopic (exact) mass is 430 g/mol. The van der Waals surface area contributed by atoms with Gasteiger partial charge in [-0.15, -0.1) is 0 Å². The van der Waals surface area contributed by atoms with Crippen molar-refractivity contribution < 1.29 is 27.2 Å². The van der Waals surface area contributed by atoms with Crippen molar-refractivity contribution in [2.45, 2.75) is 25.3 Å². The Bertz CT molecular complexity index is 1140. The molecule has 0 spiro atoms. The smallest absolute Gasteiger partial charge is 0.360 e. The number of rotatable bonds is 8. The zero-order valence-electron chi connectivity index (χ0n) is 16.8. The number of carbonyl (C=O) groups is 1. The van der Waals surface area contributed by atoms with Gasteiger partial charge in [0.05, 0.1) is 13.7 Å². The van der Waals surface area contributed by atoms with Crippen molar-refractivity contribution in [3.63, 3.8) is 0 Å². The molecule has 3 rings (SSSR count). The van der Waals surface area contributed by atoms with Gasteiger partial charge in [-0.2, -0.15) is 0 Å². The summed E-state index contributed by atoms with van der Waals surface area (Å²) in [5, 5.41) is 3.68. The van der Waals surface area contributed by atoms with Crippen molar-refractivity contribution in [3.05, 3.63) is 65.4 Å². The maximum Gasteiger partial charge on any atom is 0.360 e. The average molecular weight is 430 g/mol. The van der Waals surface area contributed by atoms with Gasteiger partial charge in [-0.1, -0.05) is 35.0 Å². The second-order valence-electron chi connectivity index (χ2n) is 6.47. The van der Waals surface area contributed by atoms with E-state index in [2.05, 4.69) is 9.88 Å². The van der Waals surface area contributed by atoms with Gasteiger partial charge in [-0.05, 0) is 37.6 Å². The molecule has 2 aromatic carbocycles. The number of benzene rings is 2. The number of sulfonamides is 1. The van der Waals surface area contributed by atoms with E-state index in [9.17, 15) is 13.2 Å². The standard InChI is InChI=1S/C21H22N2O6S/c1-4-28-21(24)17-12-19(29-23-17)16-9-10-18(27-3)20(11-16)30(25,26)22-13-15-7-5-14(2)6-8-15/h5-12,22H,4,13H2,1-3H3. The number of hydrogen-bond acceptors (Lipinski definition) is 7. The zero-order valence-corrected chi connectivity index (χ0v) is 17.7. The maximum atomic E-state index is 12.9. The lowest BCUT2D eigenvalue weighted by atomic mass is 10.1. The number of ether oxygens (including phenoxy) is 2. The van der Waals surface area contributed by atoms with E-state index in [1.54, 1.807) is 13.0 Å². The normalized spacial score (nSPS) is 11.3. The highest BCUT2D eigenvalue weighted by atomic mass is 32.2. The van der Waals surface area contributed by atoms with Crippen LogP contribution in [0.3, 0.4) is 0 Å². The number of esters is 1. The lowest BCUT2D eigenvalue weighted by Gasteiger charge is -2.12. The number of methoxy groups -OCH3 is 1. The quantitative estimate of drug-likeness (QED) is 0.546. The van der Waals surface area contributed by atoms with Crippen molar-refractivity contribution in [1.29, 1.82) is 0 Å². The van der Waals surface area contributed by atoms with Gasteiger partial charge in [-0.3, -0.25) is 0 Å². The third kappa shape index (κ3) is 4.87. The Morgan fingerprint density at radius 2 is 1.87 bits per heavy atom. The van der Waals surface area contributed by atoms with Crippen LogP contribution in [-0.2, 0) is 21.3 Å². The van der Waals surface area contributed by atoms with E-state index < -0.39 is 16.0 Å². The highest BCUT2D eigenvalue weighted by molar-refractivity contribution is 7.89.